The van der Waals surface area contributed by atoms with Gasteiger partial charge in [-0.15, -0.1) is 12.4 Å². The molecule has 2 nitrogen and oxygen atoms in total. The number of hydrogen-bond acceptors (Lipinski definition) is 2. The van der Waals surface area contributed by atoms with E-state index in [0.29, 0.717) is 17.2 Å². The lowest BCUT2D eigenvalue weighted by atomic mass is 10.1. The van der Waals surface area contributed by atoms with Crippen LogP contribution in [-0.2, 0) is 6.18 Å². The SMILES string of the molecule is Cl.NC1CC1c1ccc(-c2ccc(C(F)(F)F)cc2)nc1. The second-order valence-electron chi connectivity index (χ2n) is 5.06. The summed E-state index contributed by atoms with van der Waals surface area (Å²) in [6.45, 7) is 0. The van der Waals surface area contributed by atoms with E-state index in [1.807, 2.05) is 12.1 Å². The zero-order valence-electron chi connectivity index (χ0n) is 11.0. The second-order valence-corrected chi connectivity index (χ2v) is 5.06. The Morgan fingerprint density at radius 3 is 2.10 bits per heavy atom. The third-order valence-corrected chi connectivity index (χ3v) is 3.56. The van der Waals surface area contributed by atoms with Crippen molar-refractivity contribution < 1.29 is 13.2 Å². The molecule has 1 aliphatic carbocycles. The highest BCUT2D eigenvalue weighted by molar-refractivity contribution is 5.85. The van der Waals surface area contributed by atoms with Gasteiger partial charge in [-0.25, -0.2) is 0 Å². The van der Waals surface area contributed by atoms with Gasteiger partial charge in [0, 0.05) is 23.7 Å². The van der Waals surface area contributed by atoms with Crippen LogP contribution < -0.4 is 5.73 Å². The highest BCUT2D eigenvalue weighted by Crippen LogP contribution is 2.39. The molecule has 2 N–H and O–H groups in total. The number of aromatic nitrogens is 1. The largest absolute Gasteiger partial charge is 0.416 e. The van der Waals surface area contributed by atoms with E-state index in [0.717, 1.165) is 24.1 Å². The number of halogens is 4. The van der Waals surface area contributed by atoms with E-state index in [9.17, 15) is 13.2 Å². The van der Waals surface area contributed by atoms with Crippen molar-refractivity contribution in [1.29, 1.82) is 0 Å². The van der Waals surface area contributed by atoms with E-state index in [-0.39, 0.29) is 18.4 Å². The predicted octanol–water partition coefficient (Wildman–Crippen LogP) is 4.00. The van der Waals surface area contributed by atoms with Crippen molar-refractivity contribution in [2.45, 2.75) is 24.6 Å². The number of benzene rings is 1. The van der Waals surface area contributed by atoms with Gasteiger partial charge >= 0.3 is 6.18 Å². The maximum atomic E-state index is 12.5. The number of nitrogens with two attached hydrogens (primary N) is 1. The molecule has 2 unspecified atom stereocenters. The quantitative estimate of drug-likeness (QED) is 0.910. The Morgan fingerprint density at radius 2 is 1.67 bits per heavy atom. The first kappa shape index (κ1) is 15.8. The molecule has 2 aromatic rings. The molecule has 0 radical (unpaired) electrons. The predicted molar refractivity (Wildman–Crippen MR) is 77.3 cm³/mol. The van der Waals surface area contributed by atoms with Crippen molar-refractivity contribution in [3.8, 4) is 11.3 Å². The van der Waals surface area contributed by atoms with Gasteiger partial charge in [-0.1, -0.05) is 18.2 Å². The molecule has 1 aromatic heterocycles. The zero-order chi connectivity index (χ0) is 14.3. The van der Waals surface area contributed by atoms with Gasteiger partial charge in [-0.2, -0.15) is 13.2 Å². The summed E-state index contributed by atoms with van der Waals surface area (Å²) in [6.07, 6.45) is -1.58. The Morgan fingerprint density at radius 1 is 1.05 bits per heavy atom. The van der Waals surface area contributed by atoms with Crippen LogP contribution in [0.2, 0.25) is 0 Å². The molecule has 1 heterocycles. The molecule has 1 aliphatic rings. The number of alkyl halides is 3. The molecule has 1 aromatic carbocycles. The van der Waals surface area contributed by atoms with Crippen LogP contribution in [0.4, 0.5) is 13.2 Å². The molecule has 112 valence electrons. The molecule has 0 aliphatic heterocycles. The molecule has 0 bridgehead atoms. The van der Waals surface area contributed by atoms with Gasteiger partial charge in [0.25, 0.3) is 0 Å². The fraction of sp³-hybridized carbons (Fsp3) is 0.267. The molecule has 1 saturated carbocycles. The molecule has 2 atom stereocenters. The molecule has 0 amide bonds. The van der Waals surface area contributed by atoms with Crippen LogP contribution in [0.5, 0.6) is 0 Å². The van der Waals surface area contributed by atoms with Crippen LogP contribution in [0.1, 0.15) is 23.5 Å². The van der Waals surface area contributed by atoms with E-state index in [1.165, 1.54) is 12.1 Å². The van der Waals surface area contributed by atoms with Crippen molar-refractivity contribution in [2.75, 3.05) is 0 Å². The molecule has 6 heteroatoms. The summed E-state index contributed by atoms with van der Waals surface area (Å²) in [5.41, 5.74) is 7.55. The van der Waals surface area contributed by atoms with E-state index < -0.39 is 11.7 Å². The van der Waals surface area contributed by atoms with Crippen molar-refractivity contribution in [3.63, 3.8) is 0 Å². The Hall–Kier alpha value is -1.59. The van der Waals surface area contributed by atoms with E-state index in [1.54, 1.807) is 6.20 Å². The van der Waals surface area contributed by atoms with E-state index in [2.05, 4.69) is 4.98 Å². The molecule has 3 rings (SSSR count). The molecule has 0 saturated heterocycles. The molecular formula is C15H14ClF3N2. The van der Waals surface area contributed by atoms with Gasteiger partial charge < -0.3 is 5.73 Å². The summed E-state index contributed by atoms with van der Waals surface area (Å²) in [5, 5.41) is 0. The third-order valence-electron chi connectivity index (χ3n) is 3.56. The maximum absolute atomic E-state index is 12.5. The maximum Gasteiger partial charge on any atom is 0.416 e. The van der Waals surface area contributed by atoms with Crippen LogP contribution in [-0.4, -0.2) is 11.0 Å². The molecule has 0 spiro atoms. The van der Waals surface area contributed by atoms with E-state index >= 15 is 0 Å². The minimum atomic E-state index is -4.31. The standard InChI is InChI=1S/C15H13F3N2.ClH/c16-15(17,18)11-4-1-9(2-5-11)14-6-3-10(8-20-14)12-7-13(12)19;/h1-6,8,12-13H,7,19H2;1H. The highest BCUT2D eigenvalue weighted by atomic mass is 35.5. The number of rotatable bonds is 2. The molecule has 21 heavy (non-hydrogen) atoms. The van der Waals surface area contributed by atoms with Gasteiger partial charge in [0.15, 0.2) is 0 Å². The van der Waals surface area contributed by atoms with Crippen LogP contribution in [0.25, 0.3) is 11.3 Å². The lowest BCUT2D eigenvalue weighted by Gasteiger charge is -2.07. The number of nitrogens with zero attached hydrogens (tertiary/aromatic N) is 1. The van der Waals surface area contributed by atoms with Gasteiger partial charge in [-0.3, -0.25) is 4.98 Å². The van der Waals surface area contributed by atoms with Gasteiger partial charge in [0.2, 0.25) is 0 Å². The molecule has 1 fully saturated rings. The van der Waals surface area contributed by atoms with Crippen molar-refractivity contribution in [2.24, 2.45) is 5.73 Å². The first-order valence-electron chi connectivity index (χ1n) is 6.34. The summed E-state index contributed by atoms with van der Waals surface area (Å²) < 4.78 is 37.4. The summed E-state index contributed by atoms with van der Waals surface area (Å²) in [5.74, 6) is 0.379. The summed E-state index contributed by atoms with van der Waals surface area (Å²) in [6, 6.07) is 9.00. The highest BCUT2D eigenvalue weighted by Gasteiger charge is 2.35. The normalized spacial score (nSPS) is 20.8. The lowest BCUT2D eigenvalue weighted by Crippen LogP contribution is -2.04. The minimum Gasteiger partial charge on any atom is -0.327 e. The van der Waals surface area contributed by atoms with Gasteiger partial charge in [0.1, 0.15) is 0 Å². The number of pyridine rings is 1. The van der Waals surface area contributed by atoms with Crippen molar-refractivity contribution in [3.05, 3.63) is 53.7 Å². The Kier molecular flexibility index (Phi) is 4.25. The summed E-state index contributed by atoms with van der Waals surface area (Å²) in [7, 11) is 0. The summed E-state index contributed by atoms with van der Waals surface area (Å²) >= 11 is 0. The van der Waals surface area contributed by atoms with Crippen molar-refractivity contribution in [1.82, 2.24) is 4.98 Å². The zero-order valence-corrected chi connectivity index (χ0v) is 11.8. The molecular weight excluding hydrogens is 301 g/mol. The lowest BCUT2D eigenvalue weighted by molar-refractivity contribution is -0.137. The first-order valence-corrected chi connectivity index (χ1v) is 6.34. The summed E-state index contributed by atoms with van der Waals surface area (Å²) in [4.78, 5) is 4.30. The fourth-order valence-corrected chi connectivity index (χ4v) is 2.22. The number of hydrogen-bond donors (Lipinski definition) is 1. The third kappa shape index (κ3) is 3.36. The average molecular weight is 315 g/mol. The van der Waals surface area contributed by atoms with Crippen molar-refractivity contribution >= 4 is 12.4 Å². The fourth-order valence-electron chi connectivity index (χ4n) is 2.22. The smallest absolute Gasteiger partial charge is 0.327 e. The topological polar surface area (TPSA) is 38.9 Å². The van der Waals surface area contributed by atoms with Gasteiger partial charge in [0.05, 0.1) is 11.3 Å². The van der Waals surface area contributed by atoms with Crippen LogP contribution in [0, 0.1) is 0 Å². The van der Waals surface area contributed by atoms with Crippen LogP contribution >= 0.6 is 12.4 Å². The van der Waals surface area contributed by atoms with E-state index in [4.69, 9.17) is 5.73 Å². The van der Waals surface area contributed by atoms with Crippen LogP contribution in [0.3, 0.4) is 0 Å². The second kappa shape index (κ2) is 5.66. The minimum absolute atomic E-state index is 0. The van der Waals surface area contributed by atoms with Gasteiger partial charge in [-0.05, 0) is 30.2 Å². The average Bonchev–Trinajstić information content (AvgIpc) is 3.15. The van der Waals surface area contributed by atoms with Crippen LogP contribution in [0.15, 0.2) is 42.6 Å². The first-order chi connectivity index (χ1) is 9.45. The Bertz CT molecular complexity index is 608. The monoisotopic (exact) mass is 314 g/mol. The Balaban J connectivity index is 0.00000161. The Labute approximate surface area is 126 Å².